The lowest BCUT2D eigenvalue weighted by Gasteiger charge is -2.00. The molecule has 0 saturated heterocycles. The highest BCUT2D eigenvalue weighted by Gasteiger charge is 2.12. The van der Waals surface area contributed by atoms with Gasteiger partial charge in [0.05, 0.1) is 5.56 Å². The highest BCUT2D eigenvalue weighted by atomic mass is 32.1. The average Bonchev–Trinajstić information content (AvgIpc) is 2.81. The third-order valence-electron chi connectivity index (χ3n) is 2.10. The van der Waals surface area contributed by atoms with Crippen molar-refractivity contribution in [2.75, 3.05) is 0 Å². The van der Waals surface area contributed by atoms with Crippen molar-refractivity contribution < 1.29 is 10.2 Å². The van der Waals surface area contributed by atoms with Crippen LogP contribution in [-0.4, -0.2) is 30.0 Å². The van der Waals surface area contributed by atoms with E-state index in [1.165, 1.54) is 40.4 Å². The summed E-state index contributed by atoms with van der Waals surface area (Å²) >= 11 is 1.29. The van der Waals surface area contributed by atoms with Crippen LogP contribution >= 0.6 is 11.3 Å². The molecule has 2 N–H and O–H groups in total. The second kappa shape index (κ2) is 3.17. The molecular formula is C9H6N4O2S. The minimum Gasteiger partial charge on any atom is -0.508 e. The van der Waals surface area contributed by atoms with E-state index in [4.69, 9.17) is 0 Å². The number of phenols is 2. The molecule has 0 aliphatic rings. The molecule has 0 spiro atoms. The summed E-state index contributed by atoms with van der Waals surface area (Å²) < 4.78 is 1.52. The summed E-state index contributed by atoms with van der Waals surface area (Å²) in [5.74, 6) is 0.154. The molecule has 0 atom stereocenters. The normalized spacial score (nSPS) is 11.0. The number of hydrogen-bond donors (Lipinski definition) is 2. The standard InChI is InChI=1S/C9H6N4O2S/c14-5-1-2-7(15)6(3-5)8-12-13-4-10-11-9(13)16-8/h1-4,14-15H. The van der Waals surface area contributed by atoms with E-state index in [9.17, 15) is 10.2 Å². The van der Waals surface area contributed by atoms with Gasteiger partial charge in [-0.25, -0.2) is 0 Å². The fourth-order valence-corrected chi connectivity index (χ4v) is 2.21. The van der Waals surface area contributed by atoms with Gasteiger partial charge in [-0.1, -0.05) is 11.3 Å². The van der Waals surface area contributed by atoms with Crippen molar-refractivity contribution >= 4 is 16.3 Å². The van der Waals surface area contributed by atoms with Crippen LogP contribution in [0.25, 0.3) is 15.5 Å². The van der Waals surface area contributed by atoms with Gasteiger partial charge in [0, 0.05) is 0 Å². The van der Waals surface area contributed by atoms with E-state index in [0.29, 0.717) is 15.5 Å². The number of rotatable bonds is 1. The zero-order chi connectivity index (χ0) is 11.1. The number of aromatic nitrogens is 4. The van der Waals surface area contributed by atoms with Gasteiger partial charge in [0.1, 0.15) is 17.8 Å². The number of hydrogen-bond acceptors (Lipinski definition) is 6. The molecule has 80 valence electrons. The van der Waals surface area contributed by atoms with Gasteiger partial charge in [-0.2, -0.15) is 9.61 Å². The van der Waals surface area contributed by atoms with Gasteiger partial charge in [0.25, 0.3) is 0 Å². The molecular weight excluding hydrogens is 228 g/mol. The molecule has 0 aliphatic heterocycles. The predicted octanol–water partition coefficient (Wildman–Crippen LogP) is 1.26. The van der Waals surface area contributed by atoms with Crippen LogP contribution in [0.3, 0.4) is 0 Å². The first-order valence-corrected chi connectivity index (χ1v) is 5.25. The van der Waals surface area contributed by atoms with E-state index in [-0.39, 0.29) is 11.5 Å². The van der Waals surface area contributed by atoms with E-state index in [2.05, 4.69) is 15.3 Å². The van der Waals surface area contributed by atoms with Crippen molar-refractivity contribution in [1.82, 2.24) is 19.8 Å². The van der Waals surface area contributed by atoms with Crippen molar-refractivity contribution in [1.29, 1.82) is 0 Å². The van der Waals surface area contributed by atoms with Crippen LogP contribution in [0.1, 0.15) is 0 Å². The topological polar surface area (TPSA) is 83.5 Å². The Balaban J connectivity index is 2.22. The van der Waals surface area contributed by atoms with Crippen LogP contribution in [-0.2, 0) is 0 Å². The quantitative estimate of drug-likeness (QED) is 0.619. The summed E-state index contributed by atoms with van der Waals surface area (Å²) in [4.78, 5) is 0.637. The first kappa shape index (κ1) is 9.10. The average molecular weight is 234 g/mol. The zero-order valence-electron chi connectivity index (χ0n) is 7.90. The van der Waals surface area contributed by atoms with Gasteiger partial charge in [-0.3, -0.25) is 0 Å². The Labute approximate surface area is 93.4 Å². The van der Waals surface area contributed by atoms with Crippen LogP contribution < -0.4 is 0 Å². The van der Waals surface area contributed by atoms with Gasteiger partial charge in [0.2, 0.25) is 4.96 Å². The lowest BCUT2D eigenvalue weighted by atomic mass is 10.2. The van der Waals surface area contributed by atoms with Crippen LogP contribution in [0.5, 0.6) is 11.5 Å². The molecule has 7 heteroatoms. The molecule has 0 aliphatic carbocycles. The summed E-state index contributed by atoms with van der Waals surface area (Å²) in [6, 6.07) is 4.30. The molecule has 0 amide bonds. The molecule has 3 aromatic rings. The number of fused-ring (bicyclic) bond motifs is 1. The maximum atomic E-state index is 9.66. The van der Waals surface area contributed by atoms with E-state index in [1.54, 1.807) is 0 Å². The first-order valence-electron chi connectivity index (χ1n) is 4.43. The summed E-state index contributed by atoms with van der Waals surface area (Å²) in [5, 5.41) is 31.3. The smallest absolute Gasteiger partial charge is 0.234 e. The van der Waals surface area contributed by atoms with Gasteiger partial charge >= 0.3 is 0 Å². The molecule has 0 fully saturated rings. The Morgan fingerprint density at radius 3 is 2.94 bits per heavy atom. The van der Waals surface area contributed by atoms with Crippen molar-refractivity contribution in [3.8, 4) is 22.1 Å². The predicted molar refractivity (Wildman–Crippen MR) is 57.4 cm³/mol. The second-order valence-corrected chi connectivity index (χ2v) is 4.12. The Kier molecular flexibility index (Phi) is 1.80. The Bertz CT molecular complexity index is 632. The molecule has 0 unspecified atom stereocenters. The van der Waals surface area contributed by atoms with E-state index in [0.717, 1.165) is 0 Å². The molecule has 2 aromatic heterocycles. The number of phenolic OH excluding ortho intramolecular Hbond substituents is 2. The summed E-state index contributed by atoms with van der Waals surface area (Å²) in [5.41, 5.74) is 0.482. The molecule has 3 rings (SSSR count). The highest BCUT2D eigenvalue weighted by Crippen LogP contribution is 2.34. The van der Waals surface area contributed by atoms with Crippen molar-refractivity contribution in [2.24, 2.45) is 0 Å². The van der Waals surface area contributed by atoms with E-state index in [1.807, 2.05) is 0 Å². The largest absolute Gasteiger partial charge is 0.508 e. The summed E-state index contributed by atoms with van der Waals surface area (Å²) in [6.07, 6.45) is 1.48. The number of aromatic hydroxyl groups is 2. The maximum Gasteiger partial charge on any atom is 0.234 e. The Hall–Kier alpha value is -2.15. The zero-order valence-corrected chi connectivity index (χ0v) is 8.72. The molecule has 6 nitrogen and oxygen atoms in total. The third kappa shape index (κ3) is 1.29. The number of benzene rings is 1. The van der Waals surface area contributed by atoms with Gasteiger partial charge in [0.15, 0.2) is 5.01 Å². The summed E-state index contributed by atoms with van der Waals surface area (Å²) in [7, 11) is 0. The maximum absolute atomic E-state index is 9.66. The number of nitrogens with zero attached hydrogens (tertiary/aromatic N) is 4. The van der Waals surface area contributed by atoms with Crippen molar-refractivity contribution in [3.63, 3.8) is 0 Å². The fraction of sp³-hybridized carbons (Fsp3) is 0. The minimum absolute atomic E-state index is 0.0720. The third-order valence-corrected chi connectivity index (χ3v) is 3.04. The molecule has 0 radical (unpaired) electrons. The van der Waals surface area contributed by atoms with Gasteiger partial charge in [-0.15, -0.1) is 10.2 Å². The molecule has 0 bridgehead atoms. The lowest BCUT2D eigenvalue weighted by molar-refractivity contribution is 0.462. The van der Waals surface area contributed by atoms with E-state index < -0.39 is 0 Å². The first-order chi connectivity index (χ1) is 7.74. The van der Waals surface area contributed by atoms with E-state index >= 15 is 0 Å². The van der Waals surface area contributed by atoms with Crippen LogP contribution in [0.4, 0.5) is 0 Å². The Morgan fingerprint density at radius 1 is 1.25 bits per heavy atom. The molecule has 0 saturated carbocycles. The molecule has 1 aromatic carbocycles. The van der Waals surface area contributed by atoms with Gasteiger partial charge in [-0.05, 0) is 18.2 Å². The minimum atomic E-state index is 0.0720. The highest BCUT2D eigenvalue weighted by molar-refractivity contribution is 7.19. The van der Waals surface area contributed by atoms with Crippen LogP contribution in [0.2, 0.25) is 0 Å². The van der Waals surface area contributed by atoms with Gasteiger partial charge < -0.3 is 10.2 Å². The van der Waals surface area contributed by atoms with Crippen molar-refractivity contribution in [2.45, 2.75) is 0 Å². The van der Waals surface area contributed by atoms with Crippen LogP contribution in [0.15, 0.2) is 24.5 Å². The lowest BCUT2D eigenvalue weighted by Crippen LogP contribution is -1.83. The monoisotopic (exact) mass is 234 g/mol. The van der Waals surface area contributed by atoms with Crippen molar-refractivity contribution in [3.05, 3.63) is 24.5 Å². The Morgan fingerprint density at radius 2 is 2.12 bits per heavy atom. The molecule has 16 heavy (non-hydrogen) atoms. The SMILES string of the molecule is Oc1ccc(O)c(-c2nn3cnnc3s2)c1. The fourth-order valence-electron chi connectivity index (χ4n) is 1.36. The van der Waals surface area contributed by atoms with Crippen LogP contribution in [0, 0.1) is 0 Å². The second-order valence-electron chi connectivity index (χ2n) is 3.17. The molecule has 2 heterocycles. The summed E-state index contributed by atoms with van der Waals surface area (Å²) in [6.45, 7) is 0.